The Kier molecular flexibility index (Phi) is 8.26. The van der Waals surface area contributed by atoms with Gasteiger partial charge in [-0.2, -0.15) is 0 Å². The molecule has 1 fully saturated rings. The highest BCUT2D eigenvalue weighted by molar-refractivity contribution is 7.91. The van der Waals surface area contributed by atoms with Crippen molar-refractivity contribution in [3.63, 3.8) is 0 Å². The maximum Gasteiger partial charge on any atom is 0.178 e. The molecule has 8 heteroatoms. The molecule has 40 heavy (non-hydrogen) atoms. The first-order chi connectivity index (χ1) is 18.9. The van der Waals surface area contributed by atoms with Gasteiger partial charge >= 0.3 is 0 Å². The van der Waals surface area contributed by atoms with Gasteiger partial charge in [-0.3, -0.25) is 4.90 Å². The maximum atomic E-state index is 12.6. The van der Waals surface area contributed by atoms with E-state index in [0.29, 0.717) is 12.4 Å². The number of likely N-dealkylation sites (tertiary alicyclic amines) is 1. The van der Waals surface area contributed by atoms with Crippen molar-refractivity contribution in [2.75, 3.05) is 32.0 Å². The zero-order valence-corrected chi connectivity index (χ0v) is 24.1. The van der Waals surface area contributed by atoms with Gasteiger partial charge in [0.2, 0.25) is 0 Å². The number of hydrogen-bond acceptors (Lipinski definition) is 6. The Bertz CT molecular complexity index is 1610. The average Bonchev–Trinajstić information content (AvgIpc) is 2.97. The minimum atomic E-state index is -3.38. The van der Waals surface area contributed by atoms with Crippen LogP contribution in [0.2, 0.25) is 0 Å². The lowest BCUT2D eigenvalue weighted by Crippen LogP contribution is -2.33. The molecule has 0 spiro atoms. The lowest BCUT2D eigenvalue weighted by molar-refractivity contribution is 0.183. The van der Waals surface area contributed by atoms with E-state index in [1.54, 1.807) is 31.2 Å². The lowest BCUT2D eigenvalue weighted by atomic mass is 9.86. The van der Waals surface area contributed by atoms with Crippen LogP contribution in [0.4, 0.5) is 0 Å². The number of sulfone groups is 1. The van der Waals surface area contributed by atoms with Crippen molar-refractivity contribution in [3.8, 4) is 28.4 Å². The summed E-state index contributed by atoms with van der Waals surface area (Å²) in [4.78, 5) is 2.71. The Labute approximate surface area is 241 Å². The van der Waals surface area contributed by atoms with Crippen LogP contribution < -0.4 is 9.47 Å². The molecule has 2 aliphatic rings. The van der Waals surface area contributed by atoms with E-state index in [9.17, 15) is 13.5 Å². The van der Waals surface area contributed by atoms with Crippen molar-refractivity contribution in [1.82, 2.24) is 4.90 Å². The van der Waals surface area contributed by atoms with E-state index < -0.39 is 15.9 Å². The molecule has 1 unspecified atom stereocenters. The number of halogens is 1. The quantitative estimate of drug-likeness (QED) is 0.260. The number of phenolic OH excluding ortho intramolecular Hbond substituents is 1. The van der Waals surface area contributed by atoms with E-state index in [1.165, 1.54) is 19.3 Å². The molecular weight excluding hydrogens is 546 g/mol. The van der Waals surface area contributed by atoms with E-state index in [0.717, 1.165) is 58.4 Å². The summed E-state index contributed by atoms with van der Waals surface area (Å²) in [5.41, 5.74) is 3.77. The van der Waals surface area contributed by atoms with Crippen LogP contribution in [0.15, 0.2) is 77.7 Å². The van der Waals surface area contributed by atoms with Crippen LogP contribution in [0, 0.1) is 0 Å². The molecule has 0 bridgehead atoms. The number of nitrogens with zero attached hydrogens (tertiary/aromatic N) is 1. The Hall–Kier alpha value is -3.26. The third-order valence-electron chi connectivity index (χ3n) is 7.84. The maximum absolute atomic E-state index is 12.6. The average molecular weight is 580 g/mol. The molecule has 1 N–H and O–H groups in total. The Morgan fingerprint density at radius 1 is 0.925 bits per heavy atom. The molecule has 2 heterocycles. The van der Waals surface area contributed by atoms with Gasteiger partial charge in [-0.05, 0) is 90.3 Å². The molecule has 6 rings (SSSR count). The molecule has 1 saturated heterocycles. The number of rotatable bonds is 7. The van der Waals surface area contributed by atoms with Crippen molar-refractivity contribution in [1.29, 1.82) is 0 Å². The Balaban J connectivity index is 0.00000323. The number of phenols is 1. The summed E-state index contributed by atoms with van der Waals surface area (Å²) in [5, 5.41) is 12.0. The zero-order chi connectivity index (χ0) is 27.0. The normalized spacial score (nSPS) is 16.9. The Morgan fingerprint density at radius 2 is 1.68 bits per heavy atom. The number of ether oxygens (including phenoxy) is 2. The van der Waals surface area contributed by atoms with Gasteiger partial charge in [-0.1, -0.05) is 43.7 Å². The monoisotopic (exact) mass is 579 g/mol. The molecule has 0 radical (unpaired) electrons. The highest BCUT2D eigenvalue weighted by Gasteiger charge is 2.30. The third kappa shape index (κ3) is 5.51. The summed E-state index contributed by atoms with van der Waals surface area (Å²) in [6, 6.07) is 22.5. The van der Waals surface area contributed by atoms with E-state index >= 15 is 0 Å². The standard InChI is InChI=1S/C32H33NO5S.ClH/c1-2-39(35,36)26-12-15-28-29-13-8-23-20-24(34)9-14-27(23)31(29)32(38-30(28)21-26)22-6-10-25(11-7-22)37-19-18-33-16-4-3-5-17-33;/h6-15,20-21,32,34H,2-5,16-19H2,1H3;1H. The fraction of sp³-hybridized carbons (Fsp3) is 0.312. The fourth-order valence-corrected chi connectivity index (χ4v) is 6.57. The van der Waals surface area contributed by atoms with Crippen LogP contribution in [-0.2, 0) is 9.84 Å². The largest absolute Gasteiger partial charge is 0.508 e. The van der Waals surface area contributed by atoms with E-state index in [-0.39, 0.29) is 28.8 Å². The third-order valence-corrected chi connectivity index (χ3v) is 9.57. The predicted molar refractivity (Wildman–Crippen MR) is 161 cm³/mol. The second-order valence-electron chi connectivity index (χ2n) is 10.3. The van der Waals surface area contributed by atoms with Crippen molar-refractivity contribution in [2.24, 2.45) is 0 Å². The van der Waals surface area contributed by atoms with Gasteiger partial charge in [0.1, 0.15) is 23.9 Å². The van der Waals surface area contributed by atoms with Gasteiger partial charge in [0, 0.05) is 17.7 Å². The van der Waals surface area contributed by atoms with Crippen LogP contribution in [0.1, 0.15) is 43.4 Å². The number of piperidine rings is 1. The molecule has 210 valence electrons. The minimum absolute atomic E-state index is 0. The van der Waals surface area contributed by atoms with E-state index in [2.05, 4.69) is 4.90 Å². The molecule has 0 saturated carbocycles. The van der Waals surface area contributed by atoms with E-state index in [4.69, 9.17) is 9.47 Å². The first kappa shape index (κ1) is 28.3. The van der Waals surface area contributed by atoms with Crippen molar-refractivity contribution < 1.29 is 23.0 Å². The molecule has 4 aromatic carbocycles. The molecule has 6 nitrogen and oxygen atoms in total. The zero-order valence-electron chi connectivity index (χ0n) is 22.5. The van der Waals surface area contributed by atoms with Crippen LogP contribution in [-0.4, -0.2) is 50.4 Å². The summed E-state index contributed by atoms with van der Waals surface area (Å²) in [6.45, 7) is 5.52. The first-order valence-corrected chi connectivity index (χ1v) is 15.3. The van der Waals surface area contributed by atoms with Gasteiger partial charge in [-0.15, -0.1) is 12.4 Å². The smallest absolute Gasteiger partial charge is 0.178 e. The van der Waals surface area contributed by atoms with Crippen LogP contribution >= 0.6 is 12.4 Å². The molecule has 2 aliphatic heterocycles. The highest BCUT2D eigenvalue weighted by atomic mass is 35.5. The van der Waals surface area contributed by atoms with Gasteiger partial charge in [0.05, 0.1) is 10.6 Å². The van der Waals surface area contributed by atoms with E-state index in [1.807, 2.05) is 48.5 Å². The summed E-state index contributed by atoms with van der Waals surface area (Å²) in [6.07, 6.45) is 3.39. The predicted octanol–water partition coefficient (Wildman–Crippen LogP) is 6.77. The lowest BCUT2D eigenvalue weighted by Gasteiger charge is -2.31. The molecule has 0 aliphatic carbocycles. The minimum Gasteiger partial charge on any atom is -0.508 e. The summed E-state index contributed by atoms with van der Waals surface area (Å²) in [7, 11) is -3.38. The summed E-state index contributed by atoms with van der Waals surface area (Å²) < 4.78 is 37.9. The second kappa shape index (κ2) is 11.7. The van der Waals surface area contributed by atoms with Gasteiger partial charge in [0.25, 0.3) is 0 Å². The number of fused-ring (bicyclic) bond motifs is 5. The fourth-order valence-electron chi connectivity index (χ4n) is 5.68. The van der Waals surface area contributed by atoms with Crippen LogP contribution in [0.25, 0.3) is 21.9 Å². The molecule has 1 atom stereocenters. The van der Waals surface area contributed by atoms with Crippen LogP contribution in [0.5, 0.6) is 17.2 Å². The van der Waals surface area contributed by atoms with Gasteiger partial charge in [-0.25, -0.2) is 8.42 Å². The summed E-state index contributed by atoms with van der Waals surface area (Å²) >= 11 is 0. The van der Waals surface area contributed by atoms with Gasteiger partial charge < -0.3 is 14.6 Å². The van der Waals surface area contributed by atoms with Crippen molar-refractivity contribution >= 4 is 33.0 Å². The second-order valence-corrected chi connectivity index (χ2v) is 12.6. The SMILES string of the molecule is CCS(=O)(=O)c1ccc2c(c1)OC(c1ccc(OCCN3CCCCC3)cc1)c1c-2ccc2cc(O)ccc12.Cl. The molecular formula is C32H34ClNO5S. The van der Waals surface area contributed by atoms with Crippen molar-refractivity contribution in [2.45, 2.75) is 37.2 Å². The first-order valence-electron chi connectivity index (χ1n) is 13.7. The van der Waals surface area contributed by atoms with Crippen molar-refractivity contribution in [3.05, 3.63) is 83.9 Å². The summed E-state index contributed by atoms with van der Waals surface area (Å²) in [5.74, 6) is 1.59. The van der Waals surface area contributed by atoms with Crippen LogP contribution in [0.3, 0.4) is 0 Å². The molecule has 0 amide bonds. The topological polar surface area (TPSA) is 76.1 Å². The molecule has 4 aromatic rings. The Morgan fingerprint density at radius 3 is 2.42 bits per heavy atom. The number of benzene rings is 4. The van der Waals surface area contributed by atoms with Gasteiger partial charge in [0.15, 0.2) is 15.9 Å². The molecule has 0 aromatic heterocycles. The number of hydrogen-bond donors (Lipinski definition) is 1. The highest BCUT2D eigenvalue weighted by Crippen LogP contribution is 2.48. The number of aromatic hydroxyl groups is 1.